The highest BCUT2D eigenvalue weighted by Gasteiger charge is 2.20. The monoisotopic (exact) mass is 398 g/mol. The van der Waals surface area contributed by atoms with Gasteiger partial charge in [-0.2, -0.15) is 0 Å². The van der Waals surface area contributed by atoms with Gasteiger partial charge in [0.2, 0.25) is 0 Å². The van der Waals surface area contributed by atoms with Gasteiger partial charge in [-0.15, -0.1) is 21.5 Å². The normalized spacial score (nSPS) is 11.1. The van der Waals surface area contributed by atoms with Crippen LogP contribution in [-0.2, 0) is 5.75 Å². The third kappa shape index (κ3) is 3.63. The second-order valence-corrected chi connectivity index (χ2v) is 7.91. The smallest absolute Gasteiger partial charge is 0.196 e. The SMILES string of the molecule is COc1ccc(C)cc1-n1c(SCc2cc(C)no2)nnc1-c1cccs1. The second kappa shape index (κ2) is 7.58. The molecule has 138 valence electrons. The van der Waals surface area contributed by atoms with Gasteiger partial charge in [-0.25, -0.2) is 0 Å². The van der Waals surface area contributed by atoms with Crippen molar-refractivity contribution in [3.8, 4) is 22.1 Å². The highest BCUT2D eigenvalue weighted by atomic mass is 32.2. The van der Waals surface area contributed by atoms with Gasteiger partial charge >= 0.3 is 0 Å². The summed E-state index contributed by atoms with van der Waals surface area (Å²) in [7, 11) is 1.67. The van der Waals surface area contributed by atoms with E-state index in [2.05, 4.69) is 28.3 Å². The fourth-order valence-electron chi connectivity index (χ4n) is 2.74. The molecule has 0 saturated carbocycles. The second-order valence-electron chi connectivity index (χ2n) is 6.02. The lowest BCUT2D eigenvalue weighted by Gasteiger charge is -2.14. The average molecular weight is 399 g/mol. The van der Waals surface area contributed by atoms with Crippen molar-refractivity contribution in [2.45, 2.75) is 24.8 Å². The van der Waals surface area contributed by atoms with Crippen molar-refractivity contribution in [3.63, 3.8) is 0 Å². The summed E-state index contributed by atoms with van der Waals surface area (Å²) in [6.45, 7) is 3.97. The third-order valence-corrected chi connectivity index (χ3v) is 5.79. The number of methoxy groups -OCH3 is 1. The van der Waals surface area contributed by atoms with Crippen molar-refractivity contribution in [3.05, 3.63) is 58.8 Å². The van der Waals surface area contributed by atoms with Crippen LogP contribution in [0.15, 0.2) is 51.5 Å². The Labute approximate surface area is 165 Å². The minimum absolute atomic E-state index is 0.623. The third-order valence-electron chi connectivity index (χ3n) is 3.97. The van der Waals surface area contributed by atoms with Crippen molar-refractivity contribution in [1.82, 2.24) is 19.9 Å². The molecule has 4 aromatic rings. The van der Waals surface area contributed by atoms with E-state index in [9.17, 15) is 0 Å². The largest absolute Gasteiger partial charge is 0.495 e. The van der Waals surface area contributed by atoms with Gasteiger partial charge in [-0.05, 0) is 43.0 Å². The molecular weight excluding hydrogens is 380 g/mol. The number of thiophene rings is 1. The number of aromatic nitrogens is 4. The van der Waals surface area contributed by atoms with Crippen molar-refractivity contribution in [1.29, 1.82) is 0 Å². The number of hydrogen-bond donors (Lipinski definition) is 0. The Hall–Kier alpha value is -2.58. The molecule has 0 bridgehead atoms. The Bertz CT molecular complexity index is 1050. The lowest BCUT2D eigenvalue weighted by molar-refractivity contribution is 0.391. The summed E-state index contributed by atoms with van der Waals surface area (Å²) in [6.07, 6.45) is 0. The molecule has 0 saturated heterocycles. The lowest BCUT2D eigenvalue weighted by atomic mass is 10.2. The molecule has 0 atom stereocenters. The zero-order valence-electron chi connectivity index (χ0n) is 15.2. The molecule has 8 heteroatoms. The van der Waals surface area contributed by atoms with E-state index in [4.69, 9.17) is 9.26 Å². The first-order valence-electron chi connectivity index (χ1n) is 8.35. The molecule has 0 aliphatic heterocycles. The van der Waals surface area contributed by atoms with Gasteiger partial charge in [0.25, 0.3) is 0 Å². The maximum atomic E-state index is 5.61. The molecule has 0 radical (unpaired) electrons. The van der Waals surface area contributed by atoms with E-state index < -0.39 is 0 Å². The highest BCUT2D eigenvalue weighted by molar-refractivity contribution is 7.98. The number of rotatable bonds is 6. The number of thioether (sulfide) groups is 1. The summed E-state index contributed by atoms with van der Waals surface area (Å²) in [4.78, 5) is 1.05. The van der Waals surface area contributed by atoms with Crippen LogP contribution in [0.4, 0.5) is 0 Å². The molecule has 4 rings (SSSR count). The molecule has 6 nitrogen and oxygen atoms in total. The highest BCUT2D eigenvalue weighted by Crippen LogP contribution is 2.35. The van der Waals surface area contributed by atoms with E-state index >= 15 is 0 Å². The zero-order valence-corrected chi connectivity index (χ0v) is 16.8. The molecule has 1 aromatic carbocycles. The Morgan fingerprint density at radius 2 is 2.07 bits per heavy atom. The predicted octanol–water partition coefficient (Wildman–Crippen LogP) is 4.90. The van der Waals surface area contributed by atoms with Crippen LogP contribution >= 0.6 is 23.1 Å². The molecule has 0 aliphatic rings. The summed E-state index contributed by atoms with van der Waals surface area (Å²) < 4.78 is 13.0. The van der Waals surface area contributed by atoms with Crippen LogP contribution in [0.5, 0.6) is 5.75 Å². The number of ether oxygens (including phenoxy) is 1. The van der Waals surface area contributed by atoms with Gasteiger partial charge in [-0.3, -0.25) is 4.57 Å². The quantitative estimate of drug-likeness (QED) is 0.430. The Morgan fingerprint density at radius 3 is 2.78 bits per heavy atom. The first kappa shape index (κ1) is 17.8. The molecule has 3 heterocycles. The number of nitrogens with zero attached hydrogens (tertiary/aromatic N) is 4. The first-order chi connectivity index (χ1) is 13.2. The van der Waals surface area contributed by atoms with Gasteiger partial charge < -0.3 is 9.26 Å². The van der Waals surface area contributed by atoms with Crippen LogP contribution in [-0.4, -0.2) is 27.0 Å². The maximum Gasteiger partial charge on any atom is 0.196 e. The molecule has 0 unspecified atom stereocenters. The van der Waals surface area contributed by atoms with Crippen LogP contribution in [0.25, 0.3) is 16.4 Å². The summed E-state index contributed by atoms with van der Waals surface area (Å²) in [5, 5.41) is 15.7. The van der Waals surface area contributed by atoms with E-state index in [1.165, 1.54) is 0 Å². The number of aryl methyl sites for hydroxylation is 2. The molecule has 0 spiro atoms. The average Bonchev–Trinajstić information content (AvgIpc) is 3.40. The lowest BCUT2D eigenvalue weighted by Crippen LogP contribution is -2.02. The van der Waals surface area contributed by atoms with Crippen molar-refractivity contribution in [2.75, 3.05) is 7.11 Å². The number of hydrogen-bond acceptors (Lipinski definition) is 7. The van der Waals surface area contributed by atoms with E-state index in [0.717, 1.165) is 44.3 Å². The zero-order chi connectivity index (χ0) is 18.8. The van der Waals surface area contributed by atoms with Crippen LogP contribution in [0, 0.1) is 13.8 Å². The molecular formula is C19H18N4O2S2. The molecule has 0 amide bonds. The van der Waals surface area contributed by atoms with E-state index in [1.54, 1.807) is 30.2 Å². The van der Waals surface area contributed by atoms with Gasteiger partial charge in [0.05, 0.1) is 29.1 Å². The van der Waals surface area contributed by atoms with Crippen LogP contribution in [0.3, 0.4) is 0 Å². The van der Waals surface area contributed by atoms with Gasteiger partial charge in [-0.1, -0.05) is 29.1 Å². The molecule has 0 fully saturated rings. The van der Waals surface area contributed by atoms with Crippen LogP contribution in [0.1, 0.15) is 17.0 Å². The summed E-state index contributed by atoms with van der Waals surface area (Å²) in [5.74, 6) is 3.00. The molecule has 3 aromatic heterocycles. The minimum Gasteiger partial charge on any atom is -0.495 e. The molecule has 27 heavy (non-hydrogen) atoms. The molecule has 0 aliphatic carbocycles. The van der Waals surface area contributed by atoms with Gasteiger partial charge in [0, 0.05) is 6.07 Å². The van der Waals surface area contributed by atoms with E-state index in [-0.39, 0.29) is 0 Å². The summed E-state index contributed by atoms with van der Waals surface area (Å²) >= 11 is 3.19. The maximum absolute atomic E-state index is 5.61. The fraction of sp³-hybridized carbons (Fsp3) is 0.211. The standard InChI is InChI=1S/C19H18N4O2S2/c1-12-6-7-16(24-3)15(9-12)23-18(17-5-4-8-26-17)20-21-19(23)27-11-14-10-13(2)22-25-14/h4-10H,11H2,1-3H3. The summed E-state index contributed by atoms with van der Waals surface area (Å²) in [6, 6.07) is 12.1. The number of benzene rings is 1. The van der Waals surface area contributed by atoms with E-state index in [1.807, 2.05) is 47.2 Å². The van der Waals surface area contributed by atoms with Crippen molar-refractivity contribution in [2.24, 2.45) is 0 Å². The van der Waals surface area contributed by atoms with Crippen molar-refractivity contribution >= 4 is 23.1 Å². The Balaban J connectivity index is 1.79. The van der Waals surface area contributed by atoms with Crippen molar-refractivity contribution < 1.29 is 9.26 Å². The summed E-state index contributed by atoms with van der Waals surface area (Å²) in [5.41, 5.74) is 2.92. The Morgan fingerprint density at radius 1 is 1.19 bits per heavy atom. The Kier molecular flexibility index (Phi) is 5.00. The van der Waals surface area contributed by atoms with Gasteiger partial charge in [0.15, 0.2) is 11.0 Å². The minimum atomic E-state index is 0.623. The first-order valence-corrected chi connectivity index (χ1v) is 10.2. The molecule has 0 N–H and O–H groups in total. The predicted molar refractivity (Wildman–Crippen MR) is 107 cm³/mol. The van der Waals surface area contributed by atoms with Crippen LogP contribution in [0.2, 0.25) is 0 Å². The van der Waals surface area contributed by atoms with Gasteiger partial charge in [0.1, 0.15) is 11.5 Å². The van der Waals surface area contributed by atoms with E-state index in [0.29, 0.717) is 5.75 Å². The topological polar surface area (TPSA) is 66.0 Å². The fourth-order valence-corrected chi connectivity index (χ4v) is 4.26. The van der Waals surface area contributed by atoms with Crippen LogP contribution < -0.4 is 4.74 Å².